The standard InChI is InChI=1S/C15H19N3O/c19-15(4-3-13-18-11-1-2-12-18)17-10-7-14-5-8-16-9-6-14/h1-2,5-6,8-9,11-12H,3-4,7,10,13H2,(H,17,19). The zero-order chi connectivity index (χ0) is 13.3. The molecule has 0 aliphatic rings. The van der Waals surface area contributed by atoms with Gasteiger partial charge in [0.05, 0.1) is 0 Å². The molecule has 1 N–H and O–H groups in total. The molecule has 100 valence electrons. The van der Waals surface area contributed by atoms with Crippen LogP contribution in [0, 0.1) is 0 Å². The molecule has 0 unspecified atom stereocenters. The lowest BCUT2D eigenvalue weighted by atomic mass is 10.2. The maximum absolute atomic E-state index is 11.6. The van der Waals surface area contributed by atoms with E-state index >= 15 is 0 Å². The molecule has 0 spiro atoms. The molecule has 0 atom stereocenters. The van der Waals surface area contributed by atoms with Gasteiger partial charge in [0.2, 0.25) is 5.91 Å². The van der Waals surface area contributed by atoms with E-state index < -0.39 is 0 Å². The zero-order valence-electron chi connectivity index (χ0n) is 11.0. The van der Waals surface area contributed by atoms with Gasteiger partial charge in [0.1, 0.15) is 0 Å². The van der Waals surface area contributed by atoms with E-state index in [1.807, 2.05) is 36.7 Å². The van der Waals surface area contributed by atoms with Crippen molar-refractivity contribution in [1.82, 2.24) is 14.9 Å². The van der Waals surface area contributed by atoms with Crippen LogP contribution >= 0.6 is 0 Å². The van der Waals surface area contributed by atoms with Crippen LogP contribution in [0.3, 0.4) is 0 Å². The molecule has 0 saturated carbocycles. The fourth-order valence-electron chi connectivity index (χ4n) is 1.93. The molecular weight excluding hydrogens is 238 g/mol. The van der Waals surface area contributed by atoms with Crippen LogP contribution in [0.4, 0.5) is 0 Å². The maximum Gasteiger partial charge on any atom is 0.220 e. The Morgan fingerprint density at radius 3 is 2.68 bits per heavy atom. The topological polar surface area (TPSA) is 46.9 Å². The number of rotatable bonds is 7. The summed E-state index contributed by atoms with van der Waals surface area (Å²) in [6.45, 7) is 1.58. The third kappa shape index (κ3) is 4.95. The molecule has 19 heavy (non-hydrogen) atoms. The van der Waals surface area contributed by atoms with E-state index in [9.17, 15) is 4.79 Å². The Balaban J connectivity index is 1.57. The van der Waals surface area contributed by atoms with Crippen molar-refractivity contribution >= 4 is 5.91 Å². The van der Waals surface area contributed by atoms with Gasteiger partial charge in [-0.25, -0.2) is 0 Å². The first kappa shape index (κ1) is 13.3. The number of hydrogen-bond acceptors (Lipinski definition) is 2. The summed E-state index contributed by atoms with van der Waals surface area (Å²) in [5, 5.41) is 2.94. The van der Waals surface area contributed by atoms with E-state index in [0.717, 1.165) is 19.4 Å². The fraction of sp³-hybridized carbons (Fsp3) is 0.333. The van der Waals surface area contributed by atoms with E-state index in [4.69, 9.17) is 0 Å². The van der Waals surface area contributed by atoms with Gasteiger partial charge in [0.15, 0.2) is 0 Å². The maximum atomic E-state index is 11.6. The second kappa shape index (κ2) is 7.36. The van der Waals surface area contributed by atoms with Crippen LogP contribution < -0.4 is 5.32 Å². The normalized spacial score (nSPS) is 10.3. The number of aromatic nitrogens is 2. The Hall–Kier alpha value is -2.10. The highest BCUT2D eigenvalue weighted by atomic mass is 16.1. The SMILES string of the molecule is O=C(CCCn1cccc1)NCCc1ccncc1. The van der Waals surface area contributed by atoms with E-state index in [-0.39, 0.29) is 5.91 Å². The number of carbonyl (C=O) groups excluding carboxylic acids is 1. The highest BCUT2D eigenvalue weighted by Gasteiger charge is 2.01. The number of nitrogens with one attached hydrogen (secondary N) is 1. The van der Waals surface area contributed by atoms with Crippen molar-refractivity contribution in [2.24, 2.45) is 0 Å². The molecular formula is C15H19N3O. The molecule has 2 aromatic rings. The van der Waals surface area contributed by atoms with E-state index in [1.54, 1.807) is 12.4 Å². The molecule has 0 radical (unpaired) electrons. The minimum Gasteiger partial charge on any atom is -0.356 e. The molecule has 0 saturated heterocycles. The van der Waals surface area contributed by atoms with Gasteiger partial charge in [0, 0.05) is 44.3 Å². The average Bonchev–Trinajstić information content (AvgIpc) is 2.93. The van der Waals surface area contributed by atoms with Crippen molar-refractivity contribution in [3.63, 3.8) is 0 Å². The summed E-state index contributed by atoms with van der Waals surface area (Å²) >= 11 is 0. The molecule has 0 aliphatic heterocycles. The Kier molecular flexibility index (Phi) is 5.17. The first-order valence-corrected chi connectivity index (χ1v) is 6.61. The average molecular weight is 257 g/mol. The van der Waals surface area contributed by atoms with E-state index in [2.05, 4.69) is 14.9 Å². The van der Waals surface area contributed by atoms with Gasteiger partial charge in [-0.15, -0.1) is 0 Å². The Morgan fingerprint density at radius 2 is 1.95 bits per heavy atom. The molecule has 0 fully saturated rings. The number of amides is 1. The number of aryl methyl sites for hydroxylation is 1. The van der Waals surface area contributed by atoms with Crippen molar-refractivity contribution < 1.29 is 4.79 Å². The molecule has 2 heterocycles. The van der Waals surface area contributed by atoms with Gasteiger partial charge >= 0.3 is 0 Å². The summed E-state index contributed by atoms with van der Waals surface area (Å²) in [7, 11) is 0. The fourth-order valence-corrected chi connectivity index (χ4v) is 1.93. The molecule has 2 rings (SSSR count). The van der Waals surface area contributed by atoms with Gasteiger partial charge in [-0.1, -0.05) is 0 Å². The number of nitrogens with zero attached hydrogens (tertiary/aromatic N) is 2. The predicted molar refractivity (Wildman–Crippen MR) is 74.6 cm³/mol. The monoisotopic (exact) mass is 257 g/mol. The Labute approximate surface area is 113 Å². The van der Waals surface area contributed by atoms with Crippen LogP contribution in [-0.4, -0.2) is 22.0 Å². The summed E-state index contributed by atoms with van der Waals surface area (Å²) in [6.07, 6.45) is 9.88. The predicted octanol–water partition coefficient (Wildman–Crippen LogP) is 2.02. The lowest BCUT2D eigenvalue weighted by Gasteiger charge is -2.06. The molecule has 0 bridgehead atoms. The third-order valence-electron chi connectivity index (χ3n) is 2.97. The smallest absolute Gasteiger partial charge is 0.220 e. The van der Waals surface area contributed by atoms with Gasteiger partial charge in [-0.05, 0) is 42.7 Å². The molecule has 0 aromatic carbocycles. The summed E-state index contributed by atoms with van der Waals surface area (Å²) in [6, 6.07) is 7.93. The van der Waals surface area contributed by atoms with Crippen molar-refractivity contribution in [1.29, 1.82) is 0 Å². The number of carbonyl (C=O) groups is 1. The zero-order valence-corrected chi connectivity index (χ0v) is 11.0. The van der Waals surface area contributed by atoms with Gasteiger partial charge in [0.25, 0.3) is 0 Å². The second-order valence-electron chi connectivity index (χ2n) is 4.48. The molecule has 2 aromatic heterocycles. The van der Waals surface area contributed by atoms with Crippen molar-refractivity contribution in [2.75, 3.05) is 6.54 Å². The molecule has 1 amide bonds. The van der Waals surface area contributed by atoms with Crippen LogP contribution in [0.1, 0.15) is 18.4 Å². The highest BCUT2D eigenvalue weighted by molar-refractivity contribution is 5.75. The largest absolute Gasteiger partial charge is 0.356 e. The van der Waals surface area contributed by atoms with Crippen LogP contribution in [0.2, 0.25) is 0 Å². The van der Waals surface area contributed by atoms with Gasteiger partial charge in [-0.3, -0.25) is 9.78 Å². The molecule has 4 heteroatoms. The first-order chi connectivity index (χ1) is 9.34. The number of hydrogen-bond donors (Lipinski definition) is 1. The Morgan fingerprint density at radius 1 is 1.21 bits per heavy atom. The highest BCUT2D eigenvalue weighted by Crippen LogP contribution is 1.98. The Bertz CT molecular complexity index is 479. The van der Waals surface area contributed by atoms with Gasteiger partial charge < -0.3 is 9.88 Å². The first-order valence-electron chi connectivity index (χ1n) is 6.61. The van der Waals surface area contributed by atoms with Crippen LogP contribution in [0.15, 0.2) is 49.1 Å². The van der Waals surface area contributed by atoms with Crippen molar-refractivity contribution in [3.8, 4) is 0 Å². The second-order valence-corrected chi connectivity index (χ2v) is 4.48. The molecule has 4 nitrogen and oxygen atoms in total. The third-order valence-corrected chi connectivity index (χ3v) is 2.97. The summed E-state index contributed by atoms with van der Waals surface area (Å²) < 4.78 is 2.09. The minimum atomic E-state index is 0.126. The molecule has 0 aliphatic carbocycles. The lowest BCUT2D eigenvalue weighted by Crippen LogP contribution is -2.25. The van der Waals surface area contributed by atoms with Crippen LogP contribution in [0.25, 0.3) is 0 Å². The summed E-state index contributed by atoms with van der Waals surface area (Å²) in [5.41, 5.74) is 1.20. The van der Waals surface area contributed by atoms with Crippen LogP contribution in [-0.2, 0) is 17.8 Å². The van der Waals surface area contributed by atoms with Gasteiger partial charge in [-0.2, -0.15) is 0 Å². The van der Waals surface area contributed by atoms with E-state index in [0.29, 0.717) is 13.0 Å². The lowest BCUT2D eigenvalue weighted by molar-refractivity contribution is -0.121. The summed E-state index contributed by atoms with van der Waals surface area (Å²) in [5.74, 6) is 0.126. The number of pyridine rings is 1. The quantitative estimate of drug-likeness (QED) is 0.825. The van der Waals surface area contributed by atoms with Crippen LogP contribution in [0.5, 0.6) is 0 Å². The van der Waals surface area contributed by atoms with Crippen molar-refractivity contribution in [3.05, 3.63) is 54.6 Å². The van der Waals surface area contributed by atoms with E-state index in [1.165, 1.54) is 5.56 Å². The minimum absolute atomic E-state index is 0.126. The van der Waals surface area contributed by atoms with Crippen molar-refractivity contribution in [2.45, 2.75) is 25.8 Å². The summed E-state index contributed by atoms with van der Waals surface area (Å²) in [4.78, 5) is 15.6.